The molecule has 6 heteroatoms. The van der Waals surface area contributed by atoms with Crippen LogP contribution >= 0.6 is 11.6 Å². The largest absolute Gasteiger partial charge is 0.493 e. The molecule has 5 nitrogen and oxygen atoms in total. The number of aryl methyl sites for hydroxylation is 3. The van der Waals surface area contributed by atoms with Crippen LogP contribution in [0.4, 0.5) is 0 Å². The average Bonchev–Trinajstić information content (AvgIpc) is 3.17. The number of carbonyl (C=O) groups excluding carboxylic acids is 1. The second kappa shape index (κ2) is 10.1. The first-order valence-electron chi connectivity index (χ1n) is 9.68. The molecule has 1 aromatic heterocycles. The molecule has 0 fully saturated rings. The third-order valence-corrected chi connectivity index (χ3v) is 4.73. The Hall–Kier alpha value is -2.79. The van der Waals surface area contributed by atoms with E-state index < -0.39 is 0 Å². The third kappa shape index (κ3) is 6.36. The van der Waals surface area contributed by atoms with E-state index in [2.05, 4.69) is 10.3 Å². The normalized spacial score (nSPS) is 10.7. The van der Waals surface area contributed by atoms with Crippen molar-refractivity contribution in [2.24, 2.45) is 0 Å². The number of benzene rings is 2. The Morgan fingerprint density at radius 3 is 2.72 bits per heavy atom. The summed E-state index contributed by atoms with van der Waals surface area (Å²) in [6, 6.07) is 13.6. The van der Waals surface area contributed by atoms with Gasteiger partial charge in [-0.25, -0.2) is 4.98 Å². The first-order valence-corrected chi connectivity index (χ1v) is 10.1. The summed E-state index contributed by atoms with van der Waals surface area (Å²) in [6.07, 6.45) is 3.24. The first kappa shape index (κ1) is 20.9. The zero-order valence-corrected chi connectivity index (χ0v) is 17.5. The van der Waals surface area contributed by atoms with E-state index in [1.807, 2.05) is 50.2 Å². The molecule has 2 aromatic carbocycles. The summed E-state index contributed by atoms with van der Waals surface area (Å²) in [5.41, 5.74) is 3.17. The fourth-order valence-electron chi connectivity index (χ4n) is 2.84. The van der Waals surface area contributed by atoms with Gasteiger partial charge in [0.2, 0.25) is 5.91 Å². The van der Waals surface area contributed by atoms with Crippen LogP contribution in [0.2, 0.25) is 5.02 Å². The van der Waals surface area contributed by atoms with Gasteiger partial charge in [0.25, 0.3) is 0 Å². The molecule has 0 saturated heterocycles. The summed E-state index contributed by atoms with van der Waals surface area (Å²) in [6.45, 7) is 5.09. The van der Waals surface area contributed by atoms with Crippen LogP contribution in [-0.4, -0.2) is 24.0 Å². The van der Waals surface area contributed by atoms with Gasteiger partial charge in [-0.05, 0) is 44.0 Å². The standard InChI is InChI=1S/C23H25ClN2O3/c1-16-4-6-18(7-5-16)21-15-26-23(29-21)11-10-22(27)25-12-3-13-28-20-9-8-19(24)14-17(20)2/h4-9,14-15H,3,10-13H2,1-2H3,(H,25,27). The van der Waals surface area contributed by atoms with Crippen molar-refractivity contribution < 1.29 is 13.9 Å². The molecule has 0 spiro atoms. The Bertz CT molecular complexity index is 951. The van der Waals surface area contributed by atoms with E-state index in [4.69, 9.17) is 20.8 Å². The van der Waals surface area contributed by atoms with Crippen molar-refractivity contribution >= 4 is 17.5 Å². The minimum atomic E-state index is -0.0252. The van der Waals surface area contributed by atoms with E-state index in [9.17, 15) is 4.79 Å². The minimum absolute atomic E-state index is 0.0252. The number of carbonyl (C=O) groups is 1. The molecule has 1 amide bonds. The van der Waals surface area contributed by atoms with Gasteiger partial charge in [0.05, 0.1) is 12.8 Å². The highest BCUT2D eigenvalue weighted by atomic mass is 35.5. The molecule has 0 saturated carbocycles. The highest BCUT2D eigenvalue weighted by Crippen LogP contribution is 2.22. The van der Waals surface area contributed by atoms with Crippen molar-refractivity contribution in [3.8, 4) is 17.1 Å². The van der Waals surface area contributed by atoms with Crippen molar-refractivity contribution in [2.75, 3.05) is 13.2 Å². The third-order valence-electron chi connectivity index (χ3n) is 4.49. The van der Waals surface area contributed by atoms with E-state index >= 15 is 0 Å². The number of hydrogen-bond donors (Lipinski definition) is 1. The van der Waals surface area contributed by atoms with Crippen molar-refractivity contribution in [1.29, 1.82) is 0 Å². The molecule has 0 aliphatic heterocycles. The number of amides is 1. The fourth-order valence-corrected chi connectivity index (χ4v) is 3.07. The number of aromatic nitrogens is 1. The molecule has 3 rings (SSSR count). The smallest absolute Gasteiger partial charge is 0.220 e. The lowest BCUT2D eigenvalue weighted by Crippen LogP contribution is -2.25. The lowest BCUT2D eigenvalue weighted by molar-refractivity contribution is -0.121. The van der Waals surface area contributed by atoms with Crippen LogP contribution in [0.3, 0.4) is 0 Å². The van der Waals surface area contributed by atoms with Crippen LogP contribution in [0.5, 0.6) is 5.75 Å². The average molecular weight is 413 g/mol. The molecule has 1 N–H and O–H groups in total. The number of hydrogen-bond acceptors (Lipinski definition) is 4. The van der Waals surface area contributed by atoms with E-state index in [0.717, 1.165) is 29.1 Å². The molecular formula is C23H25ClN2O3. The van der Waals surface area contributed by atoms with Gasteiger partial charge in [0.15, 0.2) is 11.7 Å². The Balaban J connectivity index is 1.34. The maximum Gasteiger partial charge on any atom is 0.220 e. The Kier molecular flexibility index (Phi) is 7.30. The molecule has 0 unspecified atom stereocenters. The lowest BCUT2D eigenvalue weighted by atomic mass is 10.1. The van der Waals surface area contributed by atoms with Crippen molar-refractivity contribution in [2.45, 2.75) is 33.1 Å². The van der Waals surface area contributed by atoms with Gasteiger partial charge in [0.1, 0.15) is 5.75 Å². The number of nitrogens with zero attached hydrogens (tertiary/aromatic N) is 1. The van der Waals surface area contributed by atoms with Crippen LogP contribution in [0.25, 0.3) is 11.3 Å². The fraction of sp³-hybridized carbons (Fsp3) is 0.304. The van der Waals surface area contributed by atoms with Gasteiger partial charge in [-0.3, -0.25) is 4.79 Å². The lowest BCUT2D eigenvalue weighted by Gasteiger charge is -2.09. The highest BCUT2D eigenvalue weighted by Gasteiger charge is 2.09. The number of nitrogens with one attached hydrogen (secondary N) is 1. The number of rotatable bonds is 9. The van der Waals surface area contributed by atoms with E-state index in [1.54, 1.807) is 12.3 Å². The Morgan fingerprint density at radius 1 is 1.17 bits per heavy atom. The molecule has 3 aromatic rings. The first-order chi connectivity index (χ1) is 14.0. The van der Waals surface area contributed by atoms with Gasteiger partial charge in [-0.1, -0.05) is 41.4 Å². The number of halogens is 1. The van der Waals surface area contributed by atoms with Crippen LogP contribution in [0.1, 0.15) is 29.9 Å². The molecule has 0 aliphatic rings. The van der Waals surface area contributed by atoms with Crippen LogP contribution in [0, 0.1) is 13.8 Å². The van der Waals surface area contributed by atoms with E-state index in [0.29, 0.717) is 36.9 Å². The Morgan fingerprint density at radius 2 is 1.97 bits per heavy atom. The number of oxazole rings is 1. The highest BCUT2D eigenvalue weighted by molar-refractivity contribution is 6.30. The molecule has 0 radical (unpaired) electrons. The van der Waals surface area contributed by atoms with E-state index in [1.165, 1.54) is 5.56 Å². The van der Waals surface area contributed by atoms with Crippen molar-refractivity contribution in [3.05, 3.63) is 70.7 Å². The summed E-state index contributed by atoms with van der Waals surface area (Å²) in [5.74, 6) is 2.07. The van der Waals surface area contributed by atoms with Crippen molar-refractivity contribution in [3.63, 3.8) is 0 Å². The topological polar surface area (TPSA) is 64.4 Å². The zero-order valence-electron chi connectivity index (χ0n) is 16.7. The predicted molar refractivity (Wildman–Crippen MR) is 114 cm³/mol. The molecule has 0 aliphatic carbocycles. The molecule has 152 valence electrons. The van der Waals surface area contributed by atoms with Gasteiger partial charge in [0, 0.05) is 30.0 Å². The van der Waals surface area contributed by atoms with E-state index in [-0.39, 0.29) is 5.91 Å². The van der Waals surface area contributed by atoms with Gasteiger partial charge >= 0.3 is 0 Å². The van der Waals surface area contributed by atoms with Crippen molar-refractivity contribution in [1.82, 2.24) is 10.3 Å². The SMILES string of the molecule is Cc1ccc(-c2cnc(CCC(=O)NCCCOc3ccc(Cl)cc3C)o2)cc1. The summed E-state index contributed by atoms with van der Waals surface area (Å²) in [7, 11) is 0. The molecular weight excluding hydrogens is 388 g/mol. The van der Waals surface area contributed by atoms with Crippen LogP contribution < -0.4 is 10.1 Å². The monoisotopic (exact) mass is 412 g/mol. The van der Waals surface area contributed by atoms with Crippen LogP contribution in [-0.2, 0) is 11.2 Å². The second-order valence-electron chi connectivity index (χ2n) is 6.95. The number of ether oxygens (including phenoxy) is 1. The van der Waals surface area contributed by atoms with Gasteiger partial charge < -0.3 is 14.5 Å². The maximum atomic E-state index is 12.0. The second-order valence-corrected chi connectivity index (χ2v) is 7.38. The Labute approximate surface area is 176 Å². The maximum absolute atomic E-state index is 12.0. The minimum Gasteiger partial charge on any atom is -0.493 e. The molecule has 1 heterocycles. The summed E-state index contributed by atoms with van der Waals surface area (Å²) >= 11 is 5.93. The quantitative estimate of drug-likeness (QED) is 0.495. The summed E-state index contributed by atoms with van der Waals surface area (Å²) in [4.78, 5) is 16.3. The summed E-state index contributed by atoms with van der Waals surface area (Å²) in [5, 5.41) is 3.59. The summed E-state index contributed by atoms with van der Waals surface area (Å²) < 4.78 is 11.5. The molecule has 29 heavy (non-hydrogen) atoms. The van der Waals surface area contributed by atoms with Crippen LogP contribution in [0.15, 0.2) is 53.1 Å². The molecule has 0 bridgehead atoms. The molecule has 0 atom stereocenters. The predicted octanol–water partition coefficient (Wildman–Crippen LogP) is 5.13. The van der Waals surface area contributed by atoms with Gasteiger partial charge in [-0.2, -0.15) is 0 Å². The zero-order chi connectivity index (χ0) is 20.6. The van der Waals surface area contributed by atoms with Gasteiger partial charge in [-0.15, -0.1) is 0 Å².